The molecule has 2 amide bonds. The lowest BCUT2D eigenvalue weighted by atomic mass is 10.3. The van der Waals surface area contributed by atoms with Crippen molar-refractivity contribution in [3.8, 4) is 0 Å². The first kappa shape index (κ1) is 13.9. The molecule has 0 fully saturated rings. The molecule has 0 aliphatic carbocycles. The second kappa shape index (κ2) is 6.55. The Kier molecular flexibility index (Phi) is 5.06. The Labute approximate surface area is 104 Å². The van der Waals surface area contributed by atoms with Gasteiger partial charge in [0.1, 0.15) is 0 Å². The van der Waals surface area contributed by atoms with Crippen molar-refractivity contribution in [3.05, 3.63) is 34.4 Å². The van der Waals surface area contributed by atoms with Crippen LogP contribution >= 0.6 is 0 Å². The number of nitrogens with one attached hydrogen (secondary N) is 1. The standard InChI is InChI=1S/C11H15N3O4/c1-13(6-7-18-2)11(15)12-9-4-3-5-10(8-9)14(16)17/h3-5,8H,6-7H2,1-2H3,(H,12,15). The van der Waals surface area contributed by atoms with Crippen LogP contribution in [0, 0.1) is 10.1 Å². The number of hydrogen-bond donors (Lipinski definition) is 1. The van der Waals surface area contributed by atoms with Crippen molar-refractivity contribution in [2.75, 3.05) is 32.6 Å². The van der Waals surface area contributed by atoms with Crippen molar-refractivity contribution in [1.82, 2.24) is 4.90 Å². The molecule has 98 valence electrons. The Bertz CT molecular complexity index is 436. The molecule has 1 aromatic rings. The molecule has 7 heteroatoms. The molecule has 0 atom stereocenters. The number of likely N-dealkylation sites (N-methyl/N-ethyl adjacent to an activating group) is 1. The Balaban J connectivity index is 2.64. The minimum atomic E-state index is -0.510. The predicted molar refractivity (Wildman–Crippen MR) is 66.6 cm³/mol. The van der Waals surface area contributed by atoms with E-state index < -0.39 is 4.92 Å². The fraction of sp³-hybridized carbons (Fsp3) is 0.364. The maximum atomic E-state index is 11.7. The quantitative estimate of drug-likeness (QED) is 0.639. The molecule has 0 aliphatic heterocycles. The second-order valence-electron chi connectivity index (χ2n) is 3.65. The summed E-state index contributed by atoms with van der Waals surface area (Å²) in [6, 6.07) is 5.44. The molecule has 0 bridgehead atoms. The van der Waals surface area contributed by atoms with E-state index in [-0.39, 0.29) is 11.7 Å². The van der Waals surface area contributed by atoms with Crippen LogP contribution in [-0.2, 0) is 4.74 Å². The molecule has 0 unspecified atom stereocenters. The van der Waals surface area contributed by atoms with E-state index in [1.165, 1.54) is 23.1 Å². The number of ether oxygens (including phenoxy) is 1. The van der Waals surface area contributed by atoms with Crippen LogP contribution in [0.2, 0.25) is 0 Å². The van der Waals surface area contributed by atoms with Crippen LogP contribution in [0.4, 0.5) is 16.2 Å². The molecule has 0 saturated carbocycles. The summed E-state index contributed by atoms with van der Waals surface area (Å²) in [4.78, 5) is 23.2. The maximum Gasteiger partial charge on any atom is 0.321 e. The first-order valence-electron chi connectivity index (χ1n) is 5.30. The SMILES string of the molecule is COCCN(C)C(=O)Nc1cccc([N+](=O)[O-])c1. The topological polar surface area (TPSA) is 84.7 Å². The molecule has 1 N–H and O–H groups in total. The molecule has 1 rings (SSSR count). The van der Waals surface area contributed by atoms with Crippen molar-refractivity contribution >= 4 is 17.4 Å². The van der Waals surface area contributed by atoms with E-state index in [4.69, 9.17) is 4.74 Å². The number of urea groups is 1. The normalized spacial score (nSPS) is 9.89. The van der Waals surface area contributed by atoms with Crippen molar-refractivity contribution in [2.24, 2.45) is 0 Å². The van der Waals surface area contributed by atoms with Gasteiger partial charge in [-0.3, -0.25) is 10.1 Å². The van der Waals surface area contributed by atoms with Gasteiger partial charge in [-0.15, -0.1) is 0 Å². The third-order valence-corrected chi connectivity index (χ3v) is 2.29. The number of methoxy groups -OCH3 is 1. The maximum absolute atomic E-state index is 11.7. The molecular formula is C11H15N3O4. The van der Waals surface area contributed by atoms with Gasteiger partial charge in [0.05, 0.1) is 11.5 Å². The van der Waals surface area contributed by atoms with Gasteiger partial charge in [-0.1, -0.05) is 6.07 Å². The summed E-state index contributed by atoms with van der Waals surface area (Å²) in [6.07, 6.45) is 0. The lowest BCUT2D eigenvalue weighted by Gasteiger charge is -2.17. The Morgan fingerprint density at radius 3 is 2.89 bits per heavy atom. The lowest BCUT2D eigenvalue weighted by molar-refractivity contribution is -0.384. The van der Waals surface area contributed by atoms with Crippen molar-refractivity contribution in [3.63, 3.8) is 0 Å². The van der Waals surface area contributed by atoms with E-state index in [0.29, 0.717) is 18.8 Å². The Hall–Kier alpha value is -2.15. The molecule has 0 radical (unpaired) electrons. The van der Waals surface area contributed by atoms with Crippen LogP contribution in [0.25, 0.3) is 0 Å². The van der Waals surface area contributed by atoms with Gasteiger partial charge < -0.3 is 15.0 Å². The molecule has 0 saturated heterocycles. The zero-order valence-electron chi connectivity index (χ0n) is 10.3. The van der Waals surface area contributed by atoms with E-state index in [2.05, 4.69) is 5.32 Å². The third kappa shape index (κ3) is 4.02. The van der Waals surface area contributed by atoms with Crippen LogP contribution in [0.15, 0.2) is 24.3 Å². The summed E-state index contributed by atoms with van der Waals surface area (Å²) in [5.41, 5.74) is 0.325. The van der Waals surface area contributed by atoms with E-state index >= 15 is 0 Å². The smallest absolute Gasteiger partial charge is 0.321 e. The number of carbonyl (C=O) groups excluding carboxylic acids is 1. The highest BCUT2D eigenvalue weighted by Gasteiger charge is 2.10. The number of carbonyl (C=O) groups is 1. The largest absolute Gasteiger partial charge is 0.383 e. The number of nitrogens with zero attached hydrogens (tertiary/aromatic N) is 2. The molecule has 0 heterocycles. The van der Waals surface area contributed by atoms with Gasteiger partial charge in [0.25, 0.3) is 5.69 Å². The van der Waals surface area contributed by atoms with E-state index in [9.17, 15) is 14.9 Å². The number of nitro benzene ring substituents is 1. The van der Waals surface area contributed by atoms with Gasteiger partial charge in [-0.2, -0.15) is 0 Å². The van der Waals surface area contributed by atoms with Crippen molar-refractivity contribution in [1.29, 1.82) is 0 Å². The molecule has 18 heavy (non-hydrogen) atoms. The zero-order chi connectivity index (χ0) is 13.5. The van der Waals surface area contributed by atoms with Crippen molar-refractivity contribution in [2.45, 2.75) is 0 Å². The van der Waals surface area contributed by atoms with Crippen LogP contribution < -0.4 is 5.32 Å². The van der Waals surface area contributed by atoms with Gasteiger partial charge in [-0.05, 0) is 6.07 Å². The highest BCUT2D eigenvalue weighted by atomic mass is 16.6. The Morgan fingerprint density at radius 1 is 1.56 bits per heavy atom. The number of anilines is 1. The number of non-ortho nitro benzene ring substituents is 1. The van der Waals surface area contributed by atoms with Gasteiger partial charge >= 0.3 is 6.03 Å². The van der Waals surface area contributed by atoms with Gasteiger partial charge in [-0.25, -0.2) is 4.79 Å². The molecule has 7 nitrogen and oxygen atoms in total. The number of amides is 2. The van der Waals surface area contributed by atoms with Crippen LogP contribution in [-0.4, -0.2) is 43.2 Å². The number of rotatable bonds is 5. The number of benzene rings is 1. The predicted octanol–water partition coefficient (Wildman–Crippen LogP) is 1.70. The summed E-state index contributed by atoms with van der Waals surface area (Å²) in [7, 11) is 3.16. The third-order valence-electron chi connectivity index (χ3n) is 2.29. The van der Waals surface area contributed by atoms with E-state index in [1.54, 1.807) is 20.2 Å². The minimum Gasteiger partial charge on any atom is -0.383 e. The van der Waals surface area contributed by atoms with Gasteiger partial charge in [0.2, 0.25) is 0 Å². The molecule has 0 aromatic heterocycles. The monoisotopic (exact) mass is 253 g/mol. The first-order chi connectivity index (χ1) is 8.54. The van der Waals surface area contributed by atoms with Crippen LogP contribution in [0.1, 0.15) is 0 Å². The first-order valence-corrected chi connectivity index (χ1v) is 5.30. The lowest BCUT2D eigenvalue weighted by Crippen LogP contribution is -2.33. The average Bonchev–Trinajstić information content (AvgIpc) is 2.36. The zero-order valence-corrected chi connectivity index (χ0v) is 10.3. The summed E-state index contributed by atoms with van der Waals surface area (Å²) >= 11 is 0. The van der Waals surface area contributed by atoms with E-state index in [0.717, 1.165) is 0 Å². The summed E-state index contributed by atoms with van der Waals surface area (Å²) < 4.78 is 4.85. The molecule has 0 spiro atoms. The molecule has 1 aromatic carbocycles. The van der Waals surface area contributed by atoms with Gasteiger partial charge in [0, 0.05) is 38.5 Å². The number of hydrogen-bond acceptors (Lipinski definition) is 4. The molecule has 0 aliphatic rings. The van der Waals surface area contributed by atoms with Crippen molar-refractivity contribution < 1.29 is 14.5 Å². The fourth-order valence-corrected chi connectivity index (χ4v) is 1.25. The minimum absolute atomic E-state index is 0.0626. The second-order valence-corrected chi connectivity index (χ2v) is 3.65. The summed E-state index contributed by atoms with van der Waals surface area (Å²) in [5.74, 6) is 0. The van der Waals surface area contributed by atoms with Crippen LogP contribution in [0.3, 0.4) is 0 Å². The Morgan fingerprint density at radius 2 is 2.28 bits per heavy atom. The highest BCUT2D eigenvalue weighted by molar-refractivity contribution is 5.89. The summed E-state index contributed by atoms with van der Waals surface area (Å²) in [5, 5.41) is 13.2. The average molecular weight is 253 g/mol. The van der Waals surface area contributed by atoms with Gasteiger partial charge in [0.15, 0.2) is 0 Å². The number of nitro groups is 1. The summed E-state index contributed by atoms with van der Waals surface area (Å²) in [6.45, 7) is 0.871. The fourth-order valence-electron chi connectivity index (χ4n) is 1.25. The van der Waals surface area contributed by atoms with Crippen LogP contribution in [0.5, 0.6) is 0 Å². The van der Waals surface area contributed by atoms with E-state index in [1.807, 2.05) is 0 Å². The highest BCUT2D eigenvalue weighted by Crippen LogP contribution is 2.17. The molecular weight excluding hydrogens is 238 g/mol.